The summed E-state index contributed by atoms with van der Waals surface area (Å²) in [4.78, 5) is 35.8. The smallest absolute Gasteiger partial charge is 0.354 e. The number of aromatic carboxylic acids is 1. The summed E-state index contributed by atoms with van der Waals surface area (Å²) in [5.41, 5.74) is 0.361. The number of rotatable bonds is 7. The topological polar surface area (TPSA) is 131 Å². The normalized spacial score (nSPS) is 11.8. The number of carboxylic acids is 1. The molecule has 0 spiro atoms. The minimum atomic E-state index is -1.18. The van der Waals surface area contributed by atoms with Crippen LogP contribution in [0.2, 0.25) is 0 Å². The van der Waals surface area contributed by atoms with Gasteiger partial charge in [0.25, 0.3) is 5.91 Å². The summed E-state index contributed by atoms with van der Waals surface area (Å²) in [5.74, 6) is -2.04. The Bertz CT molecular complexity index is 794. The molecular formula is C15H20N6O4. The molecule has 0 saturated carbocycles. The van der Waals surface area contributed by atoms with E-state index in [0.717, 1.165) is 11.1 Å². The number of nitrogens with one attached hydrogen (secondary N) is 2. The van der Waals surface area contributed by atoms with Crippen molar-refractivity contribution < 1.29 is 19.5 Å². The van der Waals surface area contributed by atoms with Crippen molar-refractivity contribution in [1.29, 1.82) is 0 Å². The molecule has 2 heterocycles. The van der Waals surface area contributed by atoms with Gasteiger partial charge in [-0.25, -0.2) is 9.48 Å². The van der Waals surface area contributed by atoms with Gasteiger partial charge >= 0.3 is 5.97 Å². The zero-order valence-corrected chi connectivity index (χ0v) is 14.2. The molecule has 0 bridgehead atoms. The van der Waals surface area contributed by atoms with E-state index >= 15 is 0 Å². The molecule has 0 aromatic carbocycles. The van der Waals surface area contributed by atoms with Gasteiger partial charge in [-0.2, -0.15) is 10.2 Å². The van der Waals surface area contributed by atoms with Crippen LogP contribution >= 0.6 is 0 Å². The third-order valence-electron chi connectivity index (χ3n) is 3.58. The first-order valence-electron chi connectivity index (χ1n) is 7.74. The average Bonchev–Trinajstić information content (AvgIpc) is 3.19. The van der Waals surface area contributed by atoms with Gasteiger partial charge in [0, 0.05) is 19.8 Å². The lowest BCUT2D eigenvalue weighted by Gasteiger charge is -2.14. The maximum Gasteiger partial charge on any atom is 0.354 e. The van der Waals surface area contributed by atoms with Gasteiger partial charge in [-0.1, -0.05) is 6.92 Å². The van der Waals surface area contributed by atoms with Gasteiger partial charge in [-0.3, -0.25) is 14.3 Å². The van der Waals surface area contributed by atoms with E-state index in [1.54, 1.807) is 7.05 Å². The van der Waals surface area contributed by atoms with Crippen LogP contribution in [-0.4, -0.2) is 49.0 Å². The summed E-state index contributed by atoms with van der Waals surface area (Å²) < 4.78 is 2.47. The first-order valence-corrected chi connectivity index (χ1v) is 7.74. The Balaban J connectivity index is 2.19. The van der Waals surface area contributed by atoms with Crippen molar-refractivity contribution in [1.82, 2.24) is 24.9 Å². The van der Waals surface area contributed by atoms with E-state index in [0.29, 0.717) is 6.54 Å². The Hall–Kier alpha value is -3.17. The van der Waals surface area contributed by atoms with E-state index < -0.39 is 17.9 Å². The lowest BCUT2D eigenvalue weighted by atomic mass is 10.2. The van der Waals surface area contributed by atoms with Crippen molar-refractivity contribution in [2.75, 3.05) is 11.9 Å². The molecule has 1 unspecified atom stereocenters. The van der Waals surface area contributed by atoms with Gasteiger partial charge in [0.1, 0.15) is 17.4 Å². The van der Waals surface area contributed by atoms with E-state index in [9.17, 15) is 14.4 Å². The summed E-state index contributed by atoms with van der Waals surface area (Å²) in [5, 5.41) is 22.3. The molecule has 10 heteroatoms. The number of aromatic nitrogens is 4. The van der Waals surface area contributed by atoms with Crippen molar-refractivity contribution in [3.63, 3.8) is 0 Å². The highest BCUT2D eigenvalue weighted by Crippen LogP contribution is 2.17. The second-order valence-corrected chi connectivity index (χ2v) is 5.42. The van der Waals surface area contributed by atoms with Crippen LogP contribution in [0.15, 0.2) is 18.5 Å². The standard InChI is InChI=1S/C15H20N6O4/c1-4-6-16-14(23)12-10(8-18-20(12)3)19-13(22)9(2)21-11(15(24)25)5-7-17-21/h5,7-9H,4,6H2,1-3H3,(H,16,23)(H,19,22)(H,24,25). The molecule has 2 aromatic rings. The number of hydrogen-bond donors (Lipinski definition) is 3. The van der Waals surface area contributed by atoms with E-state index in [1.807, 2.05) is 6.92 Å². The molecular weight excluding hydrogens is 328 g/mol. The van der Waals surface area contributed by atoms with Crippen molar-refractivity contribution in [2.45, 2.75) is 26.3 Å². The van der Waals surface area contributed by atoms with Crippen molar-refractivity contribution >= 4 is 23.5 Å². The minimum absolute atomic E-state index is 0.102. The molecule has 0 fully saturated rings. The Morgan fingerprint density at radius 1 is 1.32 bits per heavy atom. The SMILES string of the molecule is CCCNC(=O)c1c(NC(=O)C(C)n2nccc2C(=O)O)cnn1C. The predicted molar refractivity (Wildman–Crippen MR) is 88.4 cm³/mol. The Labute approximate surface area is 143 Å². The third kappa shape index (κ3) is 3.84. The van der Waals surface area contributed by atoms with Crippen molar-refractivity contribution in [2.24, 2.45) is 7.05 Å². The van der Waals surface area contributed by atoms with E-state index in [1.165, 1.54) is 30.1 Å². The Morgan fingerprint density at radius 3 is 2.68 bits per heavy atom. The fourth-order valence-electron chi connectivity index (χ4n) is 2.26. The molecule has 0 aliphatic heterocycles. The summed E-state index contributed by atoms with van der Waals surface area (Å²) in [6.07, 6.45) is 3.45. The fourth-order valence-corrected chi connectivity index (χ4v) is 2.26. The zero-order chi connectivity index (χ0) is 18.6. The second kappa shape index (κ2) is 7.60. The first-order chi connectivity index (χ1) is 11.9. The van der Waals surface area contributed by atoms with Crippen molar-refractivity contribution in [3.05, 3.63) is 29.8 Å². The molecule has 0 aliphatic rings. The number of carbonyl (C=O) groups is 3. The second-order valence-electron chi connectivity index (χ2n) is 5.42. The fraction of sp³-hybridized carbons (Fsp3) is 0.400. The number of anilines is 1. The average molecular weight is 348 g/mol. The summed E-state index contributed by atoms with van der Waals surface area (Å²) >= 11 is 0. The van der Waals surface area contributed by atoms with Crippen LogP contribution in [0.1, 0.15) is 47.3 Å². The molecule has 2 amide bonds. The van der Waals surface area contributed by atoms with Gasteiger partial charge in [0.15, 0.2) is 0 Å². The Kier molecular flexibility index (Phi) is 5.52. The van der Waals surface area contributed by atoms with Gasteiger partial charge in [-0.15, -0.1) is 0 Å². The van der Waals surface area contributed by atoms with E-state index in [2.05, 4.69) is 20.8 Å². The molecule has 3 N–H and O–H groups in total. The molecule has 0 aliphatic carbocycles. The zero-order valence-electron chi connectivity index (χ0n) is 14.2. The van der Waals surface area contributed by atoms with Crippen molar-refractivity contribution in [3.8, 4) is 0 Å². The summed E-state index contributed by atoms with van der Waals surface area (Å²) in [7, 11) is 1.59. The van der Waals surface area contributed by atoms with Gasteiger partial charge in [-0.05, 0) is 19.4 Å². The molecule has 0 radical (unpaired) electrons. The van der Waals surface area contributed by atoms with E-state index in [4.69, 9.17) is 5.11 Å². The maximum absolute atomic E-state index is 12.5. The molecule has 25 heavy (non-hydrogen) atoms. The number of carbonyl (C=O) groups excluding carboxylic acids is 2. The van der Waals surface area contributed by atoms with Gasteiger partial charge in [0.2, 0.25) is 5.91 Å². The molecule has 2 aromatic heterocycles. The molecule has 2 rings (SSSR count). The summed E-state index contributed by atoms with van der Waals surface area (Å²) in [6, 6.07) is 0.424. The lowest BCUT2D eigenvalue weighted by Crippen LogP contribution is -2.30. The van der Waals surface area contributed by atoms with Crippen LogP contribution in [0.3, 0.4) is 0 Å². The minimum Gasteiger partial charge on any atom is -0.477 e. The van der Waals surface area contributed by atoms with Crippen LogP contribution in [0.5, 0.6) is 0 Å². The van der Waals surface area contributed by atoms with E-state index in [-0.39, 0.29) is 23.0 Å². The Morgan fingerprint density at radius 2 is 2.04 bits per heavy atom. The lowest BCUT2D eigenvalue weighted by molar-refractivity contribution is -0.119. The quantitative estimate of drug-likeness (QED) is 0.673. The number of carboxylic acid groups (broad SMARTS) is 1. The highest BCUT2D eigenvalue weighted by molar-refractivity contribution is 6.03. The highest BCUT2D eigenvalue weighted by atomic mass is 16.4. The molecule has 1 atom stereocenters. The number of aryl methyl sites for hydroxylation is 1. The van der Waals surface area contributed by atoms with Crippen LogP contribution in [0.4, 0.5) is 5.69 Å². The molecule has 10 nitrogen and oxygen atoms in total. The predicted octanol–water partition coefficient (Wildman–Crippen LogP) is 0.654. The number of nitrogens with zero attached hydrogens (tertiary/aromatic N) is 4. The molecule has 134 valence electrons. The van der Waals surface area contributed by atoms with Crippen LogP contribution < -0.4 is 10.6 Å². The number of hydrogen-bond acceptors (Lipinski definition) is 5. The maximum atomic E-state index is 12.5. The van der Waals surface area contributed by atoms with Gasteiger partial charge in [0.05, 0.1) is 11.9 Å². The first kappa shape index (κ1) is 18.2. The van der Waals surface area contributed by atoms with Crippen LogP contribution in [0, 0.1) is 0 Å². The van der Waals surface area contributed by atoms with Crippen LogP contribution in [-0.2, 0) is 11.8 Å². The third-order valence-corrected chi connectivity index (χ3v) is 3.58. The molecule has 0 saturated heterocycles. The van der Waals surface area contributed by atoms with Crippen LogP contribution in [0.25, 0.3) is 0 Å². The summed E-state index contributed by atoms with van der Waals surface area (Å²) in [6.45, 7) is 3.95. The highest BCUT2D eigenvalue weighted by Gasteiger charge is 2.24. The monoisotopic (exact) mass is 348 g/mol. The number of amides is 2. The van der Waals surface area contributed by atoms with Gasteiger partial charge < -0.3 is 15.7 Å². The largest absolute Gasteiger partial charge is 0.477 e.